The summed E-state index contributed by atoms with van der Waals surface area (Å²) >= 11 is 0. The standard InChI is InChI=1S/C50H85F3N4O14S/c1-14-38-48(10,62)42(59)33(6)55(11)27-29(2)25-46(8,61)43(71-45-40(58)37(24-30(3)67-45)56(12)72(64,65)54-36-20-18-35(19-21-36)50(51,52)53)31(4)41(32(5)44(60)69-38)70-39-26-47(9,66-13)49(63,34(7)68-39)28-57-22-16-15-17-23-57/h18-21,29-34,37-43,45,54,58-59,61-63H,14-17,22-28H2,1-13H3/t29-,30-,31+,32-,33-,34+,37+,38-,39+,40-,41+,42-,43-,45+,46-,47-,48-,49+/m1/s1. The average molecular weight is 1060 g/mol. The topological polar surface area (TPSA) is 229 Å². The lowest BCUT2D eigenvalue weighted by atomic mass is 9.74. The van der Waals surface area contributed by atoms with Crippen molar-refractivity contribution in [3.05, 3.63) is 29.8 Å². The highest BCUT2D eigenvalue weighted by atomic mass is 32.2. The molecular formula is C50H85F3N4O14S. The van der Waals surface area contributed by atoms with Crippen molar-refractivity contribution >= 4 is 21.9 Å². The van der Waals surface area contributed by atoms with Gasteiger partial charge in [-0.25, -0.2) is 0 Å². The Morgan fingerprint density at radius 2 is 1.54 bits per heavy atom. The van der Waals surface area contributed by atoms with Crippen molar-refractivity contribution in [3.63, 3.8) is 0 Å². The lowest BCUT2D eigenvalue weighted by molar-refractivity contribution is -0.339. The third kappa shape index (κ3) is 13.4. The predicted molar refractivity (Wildman–Crippen MR) is 261 cm³/mol. The number of aliphatic hydroxyl groups is 5. The number of β-amino-alcohol motifs (C(OH)–C–C–N with tert-alkyl or cyclic N) is 1. The summed E-state index contributed by atoms with van der Waals surface area (Å²) in [6.07, 6.45) is -12.7. The van der Waals surface area contributed by atoms with Crippen molar-refractivity contribution < 1.29 is 80.3 Å². The fourth-order valence-electron chi connectivity index (χ4n) is 11.5. The number of halogens is 3. The molecule has 72 heavy (non-hydrogen) atoms. The van der Waals surface area contributed by atoms with Crippen LogP contribution in [-0.4, -0.2) is 191 Å². The number of aliphatic hydroxyl groups excluding tert-OH is 2. The van der Waals surface area contributed by atoms with Crippen LogP contribution in [0, 0.1) is 17.8 Å². The summed E-state index contributed by atoms with van der Waals surface area (Å²) in [5.74, 6) is -3.36. The Balaban J connectivity index is 1.55. The molecule has 22 heteroatoms. The first-order chi connectivity index (χ1) is 33.2. The van der Waals surface area contributed by atoms with Gasteiger partial charge in [-0.3, -0.25) is 9.52 Å². The van der Waals surface area contributed by atoms with E-state index in [4.69, 9.17) is 28.4 Å². The highest BCUT2D eigenvalue weighted by molar-refractivity contribution is 7.90. The lowest BCUT2D eigenvalue weighted by Crippen LogP contribution is -2.70. The Labute approximate surface area is 425 Å². The van der Waals surface area contributed by atoms with Crippen molar-refractivity contribution in [2.24, 2.45) is 17.8 Å². The molecule has 0 bridgehead atoms. The van der Waals surface area contributed by atoms with Crippen LogP contribution in [-0.2, 0) is 49.6 Å². The van der Waals surface area contributed by atoms with Gasteiger partial charge in [-0.05, 0) is 131 Å². The number of nitrogens with zero attached hydrogens (tertiary/aromatic N) is 3. The van der Waals surface area contributed by atoms with E-state index >= 15 is 0 Å². The number of benzene rings is 1. The molecule has 5 rings (SSSR count). The molecule has 18 atom stereocenters. The van der Waals surface area contributed by atoms with Gasteiger partial charge < -0.3 is 63.8 Å². The number of piperidine rings is 1. The smallest absolute Gasteiger partial charge is 0.416 e. The molecule has 4 aliphatic rings. The number of hydrogen-bond acceptors (Lipinski definition) is 16. The van der Waals surface area contributed by atoms with Crippen LogP contribution in [0.2, 0.25) is 0 Å². The van der Waals surface area contributed by atoms with Crippen LogP contribution in [0.5, 0.6) is 0 Å². The molecule has 0 saturated carbocycles. The molecule has 4 fully saturated rings. The number of methoxy groups -OCH3 is 1. The van der Waals surface area contributed by atoms with Gasteiger partial charge in [-0.15, -0.1) is 0 Å². The fraction of sp³-hybridized carbons (Fsp3) is 0.860. The van der Waals surface area contributed by atoms with E-state index in [2.05, 4.69) is 9.62 Å². The maximum Gasteiger partial charge on any atom is 0.416 e. The number of anilines is 1. The minimum absolute atomic E-state index is 0.00417. The number of hydrogen-bond donors (Lipinski definition) is 6. The normalized spacial score (nSPS) is 42.1. The summed E-state index contributed by atoms with van der Waals surface area (Å²) in [4.78, 5) is 18.7. The van der Waals surface area contributed by atoms with Crippen LogP contribution < -0.4 is 4.72 Å². The quantitative estimate of drug-likeness (QED) is 0.158. The van der Waals surface area contributed by atoms with Gasteiger partial charge in [0.25, 0.3) is 0 Å². The first-order valence-electron chi connectivity index (χ1n) is 25.5. The zero-order valence-electron chi connectivity index (χ0n) is 44.5. The molecule has 0 radical (unpaired) electrons. The molecule has 1 aromatic carbocycles. The largest absolute Gasteiger partial charge is 0.459 e. The summed E-state index contributed by atoms with van der Waals surface area (Å²) in [6.45, 7) is 18.9. The average Bonchev–Trinajstić information content (AvgIpc) is 3.29. The molecule has 0 aromatic heterocycles. The maximum absolute atomic E-state index is 14.6. The lowest BCUT2D eigenvalue weighted by Gasteiger charge is -2.55. The summed E-state index contributed by atoms with van der Waals surface area (Å²) in [5.41, 5.74) is -7.60. The summed E-state index contributed by atoms with van der Waals surface area (Å²) in [5, 5.41) is 61.1. The van der Waals surface area contributed by atoms with Crippen molar-refractivity contribution in [2.75, 3.05) is 52.1 Å². The number of nitrogens with one attached hydrogen (secondary N) is 1. The van der Waals surface area contributed by atoms with Gasteiger partial charge in [0.05, 0.1) is 47.5 Å². The van der Waals surface area contributed by atoms with Crippen LogP contribution in [0.25, 0.3) is 0 Å². The Morgan fingerprint density at radius 1 is 0.931 bits per heavy atom. The monoisotopic (exact) mass is 1050 g/mol. The van der Waals surface area contributed by atoms with E-state index in [0.29, 0.717) is 6.54 Å². The van der Waals surface area contributed by atoms with Crippen molar-refractivity contribution in [1.29, 1.82) is 0 Å². The van der Waals surface area contributed by atoms with Crippen LogP contribution >= 0.6 is 0 Å². The number of carbonyl (C=O) groups excluding carboxylic acids is 1. The number of ether oxygens (including phenoxy) is 6. The molecule has 4 heterocycles. The van der Waals surface area contributed by atoms with Gasteiger partial charge in [0, 0.05) is 51.3 Å². The number of alkyl halides is 3. The first-order valence-corrected chi connectivity index (χ1v) is 26.9. The zero-order chi connectivity index (χ0) is 54.1. The molecule has 4 aliphatic heterocycles. The number of rotatable bonds is 12. The van der Waals surface area contributed by atoms with Crippen molar-refractivity contribution in [2.45, 2.75) is 210 Å². The minimum atomic E-state index is -4.64. The van der Waals surface area contributed by atoms with Crippen LogP contribution in [0.3, 0.4) is 0 Å². The summed E-state index contributed by atoms with van der Waals surface area (Å²) < 4.78 is 109. The SMILES string of the molecule is CC[C@H]1OC(=O)[C@H](C)[C@@H](O[C@H]2C[C@@](C)(OC)[C@](O)(CN3CCCCC3)[C@H](C)O2)[C@H](C)[C@@H](O[C@@H]2O[C@H](C)C[C@H](N(C)S(=O)(=O)Nc3ccc(C(F)(F)F)cc3)[C@H]2O)[C@](C)(O)C[C@@H](C)CN(C)[C@H](C)[C@@H](O)[C@]1(C)O. The van der Waals surface area contributed by atoms with E-state index < -0.39 is 130 Å². The molecule has 0 amide bonds. The third-order valence-corrected chi connectivity index (χ3v) is 17.8. The van der Waals surface area contributed by atoms with E-state index in [1.165, 1.54) is 21.1 Å². The van der Waals surface area contributed by atoms with Crippen LogP contribution in [0.15, 0.2) is 24.3 Å². The second-order valence-electron chi connectivity index (χ2n) is 22.1. The predicted octanol–water partition coefficient (Wildman–Crippen LogP) is 4.50. The second-order valence-corrected chi connectivity index (χ2v) is 23.8. The Hall–Kier alpha value is -2.29. The molecule has 1 aromatic rings. The zero-order valence-corrected chi connectivity index (χ0v) is 45.3. The van der Waals surface area contributed by atoms with Crippen LogP contribution in [0.1, 0.15) is 120 Å². The molecular weight excluding hydrogens is 970 g/mol. The van der Waals surface area contributed by atoms with Gasteiger partial charge in [0.15, 0.2) is 12.6 Å². The van der Waals surface area contributed by atoms with Crippen molar-refractivity contribution in [3.8, 4) is 0 Å². The highest BCUT2D eigenvalue weighted by Gasteiger charge is 2.59. The van der Waals surface area contributed by atoms with E-state index in [-0.39, 0.29) is 43.8 Å². The number of esters is 1. The Morgan fingerprint density at radius 3 is 2.11 bits per heavy atom. The Kier molecular flexibility index (Phi) is 19.8. The number of likely N-dealkylation sites (N-methyl/N-ethyl adjacent to an activating group) is 2. The summed E-state index contributed by atoms with van der Waals surface area (Å²) in [7, 11) is -0.0497. The molecule has 0 unspecified atom stereocenters. The van der Waals surface area contributed by atoms with E-state index in [1.807, 2.05) is 11.8 Å². The van der Waals surface area contributed by atoms with Gasteiger partial charge in [0.2, 0.25) is 0 Å². The number of carbonyl (C=O) groups is 1. The molecule has 416 valence electrons. The molecule has 0 aliphatic carbocycles. The molecule has 0 spiro atoms. The number of likely N-dealkylation sites (tertiary alicyclic amines) is 1. The van der Waals surface area contributed by atoms with E-state index in [9.17, 15) is 51.9 Å². The van der Waals surface area contributed by atoms with E-state index in [0.717, 1.165) is 60.9 Å². The second kappa shape index (κ2) is 23.5. The summed E-state index contributed by atoms with van der Waals surface area (Å²) in [6, 6.07) is 1.56. The molecule has 18 nitrogen and oxygen atoms in total. The van der Waals surface area contributed by atoms with Gasteiger partial charge in [-0.1, -0.05) is 27.2 Å². The van der Waals surface area contributed by atoms with E-state index in [1.54, 1.807) is 62.4 Å². The van der Waals surface area contributed by atoms with Gasteiger partial charge in [-0.2, -0.15) is 25.9 Å². The molecule has 4 saturated heterocycles. The fourth-order valence-corrected chi connectivity index (χ4v) is 12.7. The van der Waals surface area contributed by atoms with Crippen LogP contribution in [0.4, 0.5) is 18.9 Å². The Bertz CT molecular complexity index is 2040. The highest BCUT2D eigenvalue weighted by Crippen LogP contribution is 2.44. The maximum atomic E-state index is 14.6. The third-order valence-electron chi connectivity index (χ3n) is 16.2. The number of cyclic esters (lactones) is 1. The van der Waals surface area contributed by atoms with Gasteiger partial charge in [0.1, 0.15) is 35.1 Å². The first kappa shape index (κ1) is 60.6. The minimum Gasteiger partial charge on any atom is -0.459 e. The van der Waals surface area contributed by atoms with Gasteiger partial charge >= 0.3 is 22.4 Å². The van der Waals surface area contributed by atoms with Crippen molar-refractivity contribution in [1.82, 2.24) is 14.1 Å². The molecule has 6 N–H and O–H groups in total.